The lowest BCUT2D eigenvalue weighted by Crippen LogP contribution is -2.40. The zero-order valence-corrected chi connectivity index (χ0v) is 9.42. The number of aromatic nitrogens is 1. The number of anilines is 1. The normalized spacial score (nSPS) is 16.1. The Morgan fingerprint density at radius 1 is 1.56 bits per heavy atom. The van der Waals surface area contributed by atoms with Gasteiger partial charge in [-0.2, -0.15) is 0 Å². The van der Waals surface area contributed by atoms with Gasteiger partial charge >= 0.3 is 0 Å². The van der Waals surface area contributed by atoms with Crippen LogP contribution in [0.2, 0.25) is 0 Å². The number of morpholine rings is 1. The third-order valence-corrected chi connectivity index (χ3v) is 3.32. The molecule has 1 aliphatic heterocycles. The van der Waals surface area contributed by atoms with Gasteiger partial charge in [0.2, 0.25) is 0 Å². The highest BCUT2D eigenvalue weighted by Gasteiger charge is 2.20. The number of nitrogen functional groups attached to an aromatic ring is 1. The Bertz CT molecular complexity index is 412. The molecule has 0 saturated carbocycles. The Labute approximate surface area is 96.5 Å². The molecule has 0 aliphatic carbocycles. The molecule has 7 heteroatoms. The van der Waals surface area contributed by atoms with Gasteiger partial charge in [-0.05, 0) is 0 Å². The van der Waals surface area contributed by atoms with E-state index in [2.05, 4.69) is 4.98 Å². The minimum absolute atomic E-state index is 0.253. The fourth-order valence-corrected chi connectivity index (χ4v) is 2.28. The number of ether oxygens (including phenoxy) is 1. The van der Waals surface area contributed by atoms with Crippen LogP contribution >= 0.6 is 11.3 Å². The molecule has 1 fully saturated rings. The molecule has 0 bridgehead atoms. The van der Waals surface area contributed by atoms with Gasteiger partial charge in [-0.15, -0.1) is 11.3 Å². The van der Waals surface area contributed by atoms with Crippen molar-refractivity contribution in [1.29, 1.82) is 5.41 Å². The number of aldehydes is 1. The Morgan fingerprint density at radius 3 is 2.81 bits per heavy atom. The van der Waals surface area contributed by atoms with E-state index in [0.29, 0.717) is 48.3 Å². The predicted molar refractivity (Wildman–Crippen MR) is 61.1 cm³/mol. The van der Waals surface area contributed by atoms with E-state index >= 15 is 0 Å². The largest absolute Gasteiger partial charge is 0.382 e. The number of thiazole rings is 1. The highest BCUT2D eigenvalue weighted by molar-refractivity contribution is 7.15. The third kappa shape index (κ3) is 2.05. The van der Waals surface area contributed by atoms with Crippen molar-refractivity contribution in [3.63, 3.8) is 0 Å². The van der Waals surface area contributed by atoms with Crippen LogP contribution in [0.1, 0.15) is 14.7 Å². The molecule has 6 nitrogen and oxygen atoms in total. The van der Waals surface area contributed by atoms with Gasteiger partial charge in [0.1, 0.15) is 16.5 Å². The molecule has 0 unspecified atom stereocenters. The van der Waals surface area contributed by atoms with Crippen LogP contribution in [0.15, 0.2) is 0 Å². The summed E-state index contributed by atoms with van der Waals surface area (Å²) < 4.78 is 5.20. The highest BCUT2D eigenvalue weighted by atomic mass is 32.1. The molecule has 0 amide bonds. The molecule has 2 rings (SSSR count). The van der Waals surface area contributed by atoms with Gasteiger partial charge in [-0.3, -0.25) is 10.2 Å². The third-order valence-electron chi connectivity index (χ3n) is 2.31. The number of amidine groups is 1. The minimum Gasteiger partial charge on any atom is -0.382 e. The van der Waals surface area contributed by atoms with Crippen LogP contribution in [0.25, 0.3) is 0 Å². The van der Waals surface area contributed by atoms with Crippen LogP contribution in [0.4, 0.5) is 5.82 Å². The van der Waals surface area contributed by atoms with Crippen molar-refractivity contribution in [2.75, 3.05) is 32.0 Å². The minimum atomic E-state index is 0.253. The quantitative estimate of drug-likeness (QED) is 0.437. The van der Waals surface area contributed by atoms with Crippen molar-refractivity contribution >= 4 is 29.3 Å². The lowest BCUT2D eigenvalue weighted by atomic mass is 10.3. The van der Waals surface area contributed by atoms with Crippen molar-refractivity contribution in [1.82, 2.24) is 9.88 Å². The molecule has 2 heterocycles. The topological polar surface area (TPSA) is 92.3 Å². The van der Waals surface area contributed by atoms with Crippen molar-refractivity contribution in [2.24, 2.45) is 0 Å². The smallest absolute Gasteiger partial charge is 0.178 e. The number of carbonyl (C=O) groups is 1. The molecule has 3 N–H and O–H groups in total. The molecule has 1 saturated heterocycles. The number of nitrogens with one attached hydrogen (secondary N) is 1. The summed E-state index contributed by atoms with van der Waals surface area (Å²) in [5.74, 6) is 0.579. The highest BCUT2D eigenvalue weighted by Crippen LogP contribution is 2.21. The van der Waals surface area contributed by atoms with Crippen molar-refractivity contribution < 1.29 is 9.53 Å². The number of nitrogens with two attached hydrogens (primary N) is 1. The van der Waals surface area contributed by atoms with Crippen LogP contribution < -0.4 is 5.73 Å². The summed E-state index contributed by atoms with van der Waals surface area (Å²) >= 11 is 1.15. The first-order valence-corrected chi connectivity index (χ1v) is 5.67. The first kappa shape index (κ1) is 11.0. The van der Waals surface area contributed by atoms with E-state index in [-0.39, 0.29) is 5.82 Å². The molecule has 1 aromatic rings. The van der Waals surface area contributed by atoms with E-state index in [1.807, 2.05) is 4.90 Å². The van der Waals surface area contributed by atoms with E-state index in [0.717, 1.165) is 11.3 Å². The van der Waals surface area contributed by atoms with Crippen molar-refractivity contribution in [3.8, 4) is 0 Å². The monoisotopic (exact) mass is 240 g/mol. The first-order chi connectivity index (χ1) is 7.72. The van der Waals surface area contributed by atoms with E-state index in [1.165, 1.54) is 0 Å². The molecule has 1 aliphatic rings. The standard InChI is InChI=1S/C9H12N4O2S/c10-8-7(16-6(5-14)12-8)9(11)13-1-3-15-4-2-13/h5,11H,1-4,10H2. The van der Waals surface area contributed by atoms with E-state index in [1.54, 1.807) is 0 Å². The zero-order chi connectivity index (χ0) is 11.5. The Balaban J connectivity index is 2.18. The van der Waals surface area contributed by atoms with E-state index < -0.39 is 0 Å². The van der Waals surface area contributed by atoms with Gasteiger partial charge < -0.3 is 15.4 Å². The fourth-order valence-electron chi connectivity index (χ4n) is 1.50. The molecule has 0 radical (unpaired) electrons. The maximum Gasteiger partial charge on any atom is 0.178 e. The van der Waals surface area contributed by atoms with Gasteiger partial charge in [-0.25, -0.2) is 4.98 Å². The molecule has 0 spiro atoms. The van der Waals surface area contributed by atoms with Crippen LogP contribution in [0, 0.1) is 5.41 Å². The zero-order valence-electron chi connectivity index (χ0n) is 8.60. The second-order valence-electron chi connectivity index (χ2n) is 3.33. The molecule has 86 valence electrons. The van der Waals surface area contributed by atoms with Gasteiger partial charge in [-0.1, -0.05) is 0 Å². The number of carbonyl (C=O) groups excluding carboxylic acids is 1. The maximum atomic E-state index is 10.6. The van der Waals surface area contributed by atoms with Crippen LogP contribution in [0.5, 0.6) is 0 Å². The Hall–Kier alpha value is -1.47. The Kier molecular flexibility index (Phi) is 3.16. The average molecular weight is 240 g/mol. The predicted octanol–water partition coefficient (Wildman–Crippen LogP) is 0.195. The summed E-state index contributed by atoms with van der Waals surface area (Å²) in [5.41, 5.74) is 5.67. The molecule has 0 atom stereocenters. The molecular formula is C9H12N4O2S. The van der Waals surface area contributed by atoms with Gasteiger partial charge in [0, 0.05) is 13.1 Å². The summed E-state index contributed by atoms with van der Waals surface area (Å²) in [5, 5.41) is 8.31. The first-order valence-electron chi connectivity index (χ1n) is 4.85. The summed E-state index contributed by atoms with van der Waals surface area (Å²) in [4.78, 5) is 16.9. The summed E-state index contributed by atoms with van der Waals surface area (Å²) in [6.07, 6.45) is 0.650. The van der Waals surface area contributed by atoms with Crippen LogP contribution in [-0.4, -0.2) is 48.3 Å². The second-order valence-corrected chi connectivity index (χ2v) is 4.36. The molecular weight excluding hydrogens is 228 g/mol. The van der Waals surface area contributed by atoms with Crippen LogP contribution in [-0.2, 0) is 4.74 Å². The van der Waals surface area contributed by atoms with Gasteiger partial charge in [0.05, 0.1) is 13.2 Å². The lowest BCUT2D eigenvalue weighted by Gasteiger charge is -2.28. The summed E-state index contributed by atoms with van der Waals surface area (Å²) in [6.45, 7) is 2.57. The second kappa shape index (κ2) is 4.58. The van der Waals surface area contributed by atoms with Crippen LogP contribution in [0.3, 0.4) is 0 Å². The van der Waals surface area contributed by atoms with Crippen molar-refractivity contribution in [3.05, 3.63) is 9.88 Å². The number of hydrogen-bond acceptors (Lipinski definition) is 6. The van der Waals surface area contributed by atoms with Crippen molar-refractivity contribution in [2.45, 2.75) is 0 Å². The van der Waals surface area contributed by atoms with E-state index in [9.17, 15) is 4.79 Å². The fraction of sp³-hybridized carbons (Fsp3) is 0.444. The van der Waals surface area contributed by atoms with Gasteiger partial charge in [0.25, 0.3) is 0 Å². The van der Waals surface area contributed by atoms with E-state index in [4.69, 9.17) is 15.9 Å². The number of rotatable bonds is 2. The summed E-state index contributed by atoms with van der Waals surface area (Å²) in [7, 11) is 0. The lowest BCUT2D eigenvalue weighted by molar-refractivity contribution is 0.0680. The SMILES string of the molecule is N=C(c1sc(C=O)nc1N)N1CCOCC1. The number of hydrogen-bond donors (Lipinski definition) is 2. The van der Waals surface area contributed by atoms with Gasteiger partial charge in [0.15, 0.2) is 11.3 Å². The molecule has 0 aromatic carbocycles. The summed E-state index contributed by atoms with van der Waals surface area (Å²) in [6, 6.07) is 0. The average Bonchev–Trinajstić information content (AvgIpc) is 2.71. The maximum absolute atomic E-state index is 10.6. The number of nitrogens with zero attached hydrogens (tertiary/aromatic N) is 2. The molecule has 1 aromatic heterocycles. The Morgan fingerprint density at radius 2 is 2.25 bits per heavy atom. The molecule has 16 heavy (non-hydrogen) atoms.